The highest BCUT2D eigenvalue weighted by molar-refractivity contribution is 5.84. The Balaban J connectivity index is 1.98. The Bertz CT molecular complexity index is 325. The van der Waals surface area contributed by atoms with Gasteiger partial charge < -0.3 is 20.7 Å². The molecule has 0 radical (unpaired) electrons. The topological polar surface area (TPSA) is 82.7 Å². The van der Waals surface area contributed by atoms with Gasteiger partial charge in [0.25, 0.3) is 0 Å². The molecule has 2 aliphatic heterocycles. The number of fused-ring (bicyclic) bond motifs is 1. The largest absolute Gasteiger partial charge is 0.355 e. The number of rotatable bonds is 2. The second-order valence-corrected chi connectivity index (χ2v) is 4.85. The lowest BCUT2D eigenvalue weighted by Gasteiger charge is -2.26. The summed E-state index contributed by atoms with van der Waals surface area (Å²) < 4.78 is 5.51. The van der Waals surface area contributed by atoms with Gasteiger partial charge in [0.05, 0.1) is 5.60 Å². The molecule has 2 rings (SSSR count). The third-order valence-corrected chi connectivity index (χ3v) is 2.39. The lowest BCUT2D eigenvalue weighted by molar-refractivity contribution is -0.0556. The van der Waals surface area contributed by atoms with Crippen molar-refractivity contribution in [1.82, 2.24) is 20.9 Å². The average molecular weight is 228 g/mol. The maximum Gasteiger partial charge on any atom is 0.322 e. The van der Waals surface area contributed by atoms with Crippen molar-refractivity contribution in [1.29, 1.82) is 0 Å². The van der Waals surface area contributed by atoms with Gasteiger partial charge in [-0.05, 0) is 20.8 Å². The number of carbonyl (C=O) groups excluding carboxylic acids is 2. The van der Waals surface area contributed by atoms with Crippen molar-refractivity contribution in [3.8, 4) is 0 Å². The monoisotopic (exact) mass is 228 g/mol. The second kappa shape index (κ2) is 3.51. The van der Waals surface area contributed by atoms with Gasteiger partial charge in [0.1, 0.15) is 19.1 Å². The van der Waals surface area contributed by atoms with Gasteiger partial charge in [-0.25, -0.2) is 9.59 Å². The van der Waals surface area contributed by atoms with E-state index in [1.54, 1.807) is 0 Å². The van der Waals surface area contributed by atoms with Crippen LogP contribution >= 0.6 is 0 Å². The number of nitrogens with one attached hydrogen (secondary N) is 3. The molecule has 2 saturated heterocycles. The molecule has 2 heterocycles. The van der Waals surface area contributed by atoms with Gasteiger partial charge in [0.2, 0.25) is 0 Å². The quantitative estimate of drug-likeness (QED) is 0.609. The molecule has 0 spiro atoms. The summed E-state index contributed by atoms with van der Waals surface area (Å²) in [6, 6.07) is -0.525. The first-order chi connectivity index (χ1) is 7.37. The van der Waals surface area contributed by atoms with Crippen molar-refractivity contribution >= 4 is 12.1 Å². The van der Waals surface area contributed by atoms with E-state index in [1.807, 2.05) is 20.8 Å². The van der Waals surface area contributed by atoms with E-state index in [4.69, 9.17) is 4.74 Å². The van der Waals surface area contributed by atoms with Crippen LogP contribution in [0.4, 0.5) is 9.59 Å². The van der Waals surface area contributed by atoms with Crippen LogP contribution in [0.15, 0.2) is 0 Å². The Morgan fingerprint density at radius 3 is 2.56 bits per heavy atom. The van der Waals surface area contributed by atoms with E-state index in [2.05, 4.69) is 16.0 Å². The summed E-state index contributed by atoms with van der Waals surface area (Å²) in [7, 11) is 0. The van der Waals surface area contributed by atoms with Gasteiger partial charge in [0.15, 0.2) is 0 Å². The lowest BCUT2D eigenvalue weighted by Crippen LogP contribution is -2.45. The van der Waals surface area contributed by atoms with Crippen molar-refractivity contribution in [3.05, 3.63) is 0 Å². The normalized spacial score (nSPS) is 28.6. The molecule has 16 heavy (non-hydrogen) atoms. The maximum absolute atomic E-state index is 11.6. The Morgan fingerprint density at radius 1 is 1.25 bits per heavy atom. The number of nitrogens with zero attached hydrogens (tertiary/aromatic N) is 1. The molecule has 0 aliphatic carbocycles. The van der Waals surface area contributed by atoms with E-state index in [0.29, 0.717) is 0 Å². The van der Waals surface area contributed by atoms with Crippen molar-refractivity contribution in [2.45, 2.75) is 38.7 Å². The van der Waals surface area contributed by atoms with Crippen LogP contribution in [-0.4, -0.2) is 41.6 Å². The van der Waals surface area contributed by atoms with Crippen LogP contribution in [0.3, 0.4) is 0 Å². The molecule has 0 aromatic carbocycles. The van der Waals surface area contributed by atoms with Gasteiger partial charge in [0, 0.05) is 0 Å². The molecular formula is C9H16N4O3. The van der Waals surface area contributed by atoms with Crippen molar-refractivity contribution < 1.29 is 14.3 Å². The highest BCUT2D eigenvalue weighted by atomic mass is 16.5. The molecule has 0 aromatic heterocycles. The maximum atomic E-state index is 11.6. The van der Waals surface area contributed by atoms with E-state index in [9.17, 15) is 9.59 Å². The minimum absolute atomic E-state index is 0.151. The number of carbonyl (C=O) groups is 2. The van der Waals surface area contributed by atoms with Crippen molar-refractivity contribution in [3.63, 3.8) is 0 Å². The molecule has 90 valence electrons. The highest BCUT2D eigenvalue weighted by Crippen LogP contribution is 2.16. The van der Waals surface area contributed by atoms with Crippen LogP contribution in [-0.2, 0) is 4.74 Å². The predicted molar refractivity (Wildman–Crippen MR) is 55.3 cm³/mol. The van der Waals surface area contributed by atoms with Gasteiger partial charge in [-0.1, -0.05) is 0 Å². The summed E-state index contributed by atoms with van der Waals surface area (Å²) in [6.45, 7) is 5.87. The Kier molecular flexibility index (Phi) is 2.42. The lowest BCUT2D eigenvalue weighted by atomic mass is 10.2. The summed E-state index contributed by atoms with van der Waals surface area (Å²) in [6.07, 6.45) is -0.745. The summed E-state index contributed by atoms with van der Waals surface area (Å²) in [5.41, 5.74) is -0.325. The fourth-order valence-corrected chi connectivity index (χ4v) is 1.60. The summed E-state index contributed by atoms with van der Waals surface area (Å²) in [4.78, 5) is 24.1. The van der Waals surface area contributed by atoms with Crippen LogP contribution in [0.1, 0.15) is 20.8 Å². The smallest absolute Gasteiger partial charge is 0.322 e. The molecule has 0 aromatic rings. The van der Waals surface area contributed by atoms with Gasteiger partial charge in [-0.2, -0.15) is 0 Å². The first-order valence-corrected chi connectivity index (χ1v) is 5.15. The number of hydrogen-bond donors (Lipinski definition) is 3. The number of urea groups is 2. The zero-order chi connectivity index (χ0) is 11.9. The third-order valence-electron chi connectivity index (χ3n) is 2.39. The average Bonchev–Trinajstić information content (AvgIpc) is 2.56. The standard InChI is InChI=1S/C9H16N4O3/c1-9(2,3)16-4-13-6-5(11-8(13)15)10-7(14)12-6/h5-6H,4H2,1-3H3,(H,11,15)(H2,10,12,14). The predicted octanol–water partition coefficient (Wildman–Crippen LogP) is -0.251. The van der Waals surface area contributed by atoms with Crippen LogP contribution in [0.5, 0.6) is 0 Å². The van der Waals surface area contributed by atoms with E-state index >= 15 is 0 Å². The van der Waals surface area contributed by atoms with E-state index < -0.39 is 0 Å². The third kappa shape index (κ3) is 2.04. The molecule has 0 bridgehead atoms. The zero-order valence-corrected chi connectivity index (χ0v) is 9.53. The highest BCUT2D eigenvalue weighted by Gasteiger charge is 2.45. The fraction of sp³-hybridized carbons (Fsp3) is 0.778. The molecule has 7 heteroatoms. The van der Waals surface area contributed by atoms with E-state index in [0.717, 1.165) is 0 Å². The van der Waals surface area contributed by atoms with Crippen molar-refractivity contribution in [2.75, 3.05) is 6.73 Å². The Morgan fingerprint density at radius 2 is 1.94 bits per heavy atom. The van der Waals surface area contributed by atoms with Crippen LogP contribution in [0, 0.1) is 0 Å². The van der Waals surface area contributed by atoms with E-state index in [1.165, 1.54) is 4.90 Å². The molecule has 3 N–H and O–H groups in total. The molecule has 7 nitrogen and oxygen atoms in total. The van der Waals surface area contributed by atoms with Crippen molar-refractivity contribution in [2.24, 2.45) is 0 Å². The summed E-state index contributed by atoms with van der Waals surface area (Å²) in [5, 5.41) is 7.88. The number of hydrogen-bond acceptors (Lipinski definition) is 3. The first-order valence-electron chi connectivity index (χ1n) is 5.15. The van der Waals surface area contributed by atoms with Gasteiger partial charge in [-0.3, -0.25) is 4.90 Å². The number of ether oxygens (including phenoxy) is 1. The van der Waals surface area contributed by atoms with Crippen LogP contribution in [0.2, 0.25) is 0 Å². The second-order valence-electron chi connectivity index (χ2n) is 4.85. The summed E-state index contributed by atoms with van der Waals surface area (Å²) in [5.74, 6) is 0. The molecule has 2 unspecified atom stereocenters. The van der Waals surface area contributed by atoms with E-state index in [-0.39, 0.29) is 36.7 Å². The molecule has 0 saturated carbocycles. The first kappa shape index (κ1) is 11.0. The van der Waals surface area contributed by atoms with Gasteiger partial charge in [-0.15, -0.1) is 0 Å². The fourth-order valence-electron chi connectivity index (χ4n) is 1.60. The van der Waals surface area contributed by atoms with Crippen LogP contribution < -0.4 is 16.0 Å². The Labute approximate surface area is 93.5 Å². The molecule has 2 fully saturated rings. The minimum Gasteiger partial charge on any atom is -0.355 e. The molecule has 4 amide bonds. The number of amides is 4. The van der Waals surface area contributed by atoms with Crippen LogP contribution in [0.25, 0.3) is 0 Å². The Hall–Kier alpha value is -1.50. The zero-order valence-electron chi connectivity index (χ0n) is 9.53. The molecular weight excluding hydrogens is 212 g/mol. The SMILES string of the molecule is CC(C)(C)OCN1C(=O)NC2NC(=O)NC21. The minimum atomic E-state index is -0.373. The molecule has 2 atom stereocenters. The summed E-state index contributed by atoms with van der Waals surface area (Å²) >= 11 is 0. The van der Waals surface area contributed by atoms with Gasteiger partial charge >= 0.3 is 12.1 Å². The molecule has 2 aliphatic rings.